The van der Waals surface area contributed by atoms with Gasteiger partial charge in [0, 0.05) is 38.8 Å². The normalized spacial score (nSPS) is 24.3. The topological polar surface area (TPSA) is 53.1 Å². The van der Waals surface area contributed by atoms with Crippen molar-refractivity contribution >= 4 is 11.8 Å². The van der Waals surface area contributed by atoms with Crippen LogP contribution in [-0.4, -0.2) is 78.4 Å². The molecule has 6 nitrogen and oxygen atoms in total. The molecule has 3 aliphatic rings. The van der Waals surface area contributed by atoms with Gasteiger partial charge in [-0.25, -0.2) is 0 Å². The SMILES string of the molecule is COc1ccccc1C(=O)N1CCN([C@@H](C(=O)N2CCCC[C@@H]2C)C2CCCC2)CC1. The highest BCUT2D eigenvalue weighted by atomic mass is 16.5. The fourth-order valence-corrected chi connectivity index (χ4v) is 5.72. The van der Waals surface area contributed by atoms with Gasteiger partial charge in [0.25, 0.3) is 5.91 Å². The molecule has 2 amide bonds. The summed E-state index contributed by atoms with van der Waals surface area (Å²) in [5.74, 6) is 1.43. The van der Waals surface area contributed by atoms with Crippen LogP contribution in [0, 0.1) is 5.92 Å². The number of benzene rings is 1. The van der Waals surface area contributed by atoms with Crippen molar-refractivity contribution in [2.75, 3.05) is 39.8 Å². The molecule has 0 N–H and O–H groups in total. The van der Waals surface area contributed by atoms with Crippen molar-refractivity contribution in [1.82, 2.24) is 14.7 Å². The number of carbonyl (C=O) groups is 2. The maximum absolute atomic E-state index is 13.7. The standard InChI is InChI=1S/C25H37N3O3/c1-19-9-7-8-14-28(19)25(30)23(20-10-3-4-11-20)26-15-17-27(18-16-26)24(29)21-12-5-6-13-22(21)31-2/h5-6,12-13,19-20,23H,3-4,7-11,14-18H2,1-2H3/t19-,23+/m0/s1. The van der Waals surface area contributed by atoms with Gasteiger partial charge in [-0.05, 0) is 57.1 Å². The second-order valence-electron chi connectivity index (χ2n) is 9.39. The van der Waals surface area contributed by atoms with Crippen molar-refractivity contribution < 1.29 is 14.3 Å². The van der Waals surface area contributed by atoms with Crippen molar-refractivity contribution in [3.05, 3.63) is 29.8 Å². The second kappa shape index (κ2) is 10.0. The number of rotatable bonds is 5. The number of nitrogens with zero attached hydrogens (tertiary/aromatic N) is 3. The lowest BCUT2D eigenvalue weighted by Gasteiger charge is -2.44. The molecule has 1 aromatic rings. The van der Waals surface area contributed by atoms with E-state index in [-0.39, 0.29) is 11.9 Å². The molecule has 31 heavy (non-hydrogen) atoms. The Balaban J connectivity index is 1.45. The zero-order chi connectivity index (χ0) is 21.8. The van der Waals surface area contributed by atoms with Crippen LogP contribution in [0.1, 0.15) is 62.2 Å². The summed E-state index contributed by atoms with van der Waals surface area (Å²) in [6, 6.07) is 7.74. The highest BCUT2D eigenvalue weighted by molar-refractivity contribution is 5.97. The van der Waals surface area contributed by atoms with E-state index < -0.39 is 0 Å². The number of hydrogen-bond donors (Lipinski definition) is 0. The number of piperidine rings is 1. The minimum atomic E-state index is -0.0217. The van der Waals surface area contributed by atoms with Gasteiger partial charge in [0.15, 0.2) is 0 Å². The average Bonchev–Trinajstić information content (AvgIpc) is 3.34. The summed E-state index contributed by atoms with van der Waals surface area (Å²) in [7, 11) is 1.60. The van der Waals surface area contributed by atoms with Crippen molar-refractivity contribution in [2.45, 2.75) is 64.0 Å². The molecule has 170 valence electrons. The van der Waals surface area contributed by atoms with Gasteiger partial charge in [0.1, 0.15) is 5.75 Å². The monoisotopic (exact) mass is 427 g/mol. The molecule has 0 aromatic heterocycles. The van der Waals surface area contributed by atoms with E-state index >= 15 is 0 Å². The molecule has 4 rings (SSSR count). The summed E-state index contributed by atoms with van der Waals surface area (Å²) >= 11 is 0. The van der Waals surface area contributed by atoms with Crippen molar-refractivity contribution in [3.63, 3.8) is 0 Å². The number of hydrogen-bond acceptors (Lipinski definition) is 4. The van der Waals surface area contributed by atoms with Gasteiger partial charge in [-0.15, -0.1) is 0 Å². The lowest BCUT2D eigenvalue weighted by Crippen LogP contribution is -2.60. The molecule has 3 fully saturated rings. The fraction of sp³-hybridized carbons (Fsp3) is 0.680. The van der Waals surface area contributed by atoms with Gasteiger partial charge in [-0.3, -0.25) is 14.5 Å². The quantitative estimate of drug-likeness (QED) is 0.723. The van der Waals surface area contributed by atoms with Crippen molar-refractivity contribution in [3.8, 4) is 5.75 Å². The van der Waals surface area contributed by atoms with Crippen LogP contribution >= 0.6 is 0 Å². The minimum absolute atomic E-state index is 0.0190. The van der Waals surface area contributed by atoms with Gasteiger partial charge in [-0.2, -0.15) is 0 Å². The maximum Gasteiger partial charge on any atom is 0.257 e. The van der Waals surface area contributed by atoms with E-state index in [4.69, 9.17) is 4.74 Å². The van der Waals surface area contributed by atoms with E-state index in [1.165, 1.54) is 19.3 Å². The van der Waals surface area contributed by atoms with Gasteiger partial charge in [0.05, 0.1) is 18.7 Å². The summed E-state index contributed by atoms with van der Waals surface area (Å²) in [5.41, 5.74) is 0.615. The molecule has 2 atom stereocenters. The Kier molecular flexibility index (Phi) is 7.16. The van der Waals surface area contributed by atoms with Crippen LogP contribution in [0.15, 0.2) is 24.3 Å². The van der Waals surface area contributed by atoms with E-state index in [0.717, 1.165) is 45.3 Å². The fourth-order valence-electron chi connectivity index (χ4n) is 5.72. The van der Waals surface area contributed by atoms with Crippen LogP contribution in [0.3, 0.4) is 0 Å². The zero-order valence-corrected chi connectivity index (χ0v) is 19.1. The lowest BCUT2D eigenvalue weighted by atomic mass is 9.92. The Hall–Kier alpha value is -2.08. The summed E-state index contributed by atoms with van der Waals surface area (Å²) in [6.07, 6.45) is 8.23. The predicted octanol–water partition coefficient (Wildman–Crippen LogP) is 3.41. The average molecular weight is 428 g/mol. The molecule has 0 unspecified atom stereocenters. The van der Waals surface area contributed by atoms with Crippen LogP contribution in [0.4, 0.5) is 0 Å². The molecule has 0 radical (unpaired) electrons. The molecular weight excluding hydrogens is 390 g/mol. The predicted molar refractivity (Wildman–Crippen MR) is 121 cm³/mol. The molecular formula is C25H37N3O3. The van der Waals surface area contributed by atoms with E-state index in [2.05, 4.69) is 16.7 Å². The number of likely N-dealkylation sites (tertiary alicyclic amines) is 1. The second-order valence-corrected chi connectivity index (χ2v) is 9.39. The number of piperazine rings is 1. The van der Waals surface area contributed by atoms with E-state index in [0.29, 0.717) is 42.3 Å². The first-order chi connectivity index (χ1) is 15.1. The van der Waals surface area contributed by atoms with Gasteiger partial charge in [-0.1, -0.05) is 25.0 Å². The molecule has 6 heteroatoms. The summed E-state index contributed by atoms with van der Waals surface area (Å²) in [6.45, 7) is 5.93. The number of para-hydroxylation sites is 1. The van der Waals surface area contributed by atoms with Gasteiger partial charge < -0.3 is 14.5 Å². The molecule has 2 saturated heterocycles. The Morgan fingerprint density at radius 2 is 1.61 bits per heavy atom. The van der Waals surface area contributed by atoms with Gasteiger partial charge in [0.2, 0.25) is 5.91 Å². The molecule has 1 saturated carbocycles. The molecule has 2 heterocycles. The zero-order valence-electron chi connectivity index (χ0n) is 19.1. The Morgan fingerprint density at radius 1 is 0.935 bits per heavy atom. The summed E-state index contributed by atoms with van der Waals surface area (Å²) < 4.78 is 5.38. The molecule has 0 bridgehead atoms. The van der Waals surface area contributed by atoms with E-state index in [1.54, 1.807) is 7.11 Å². The first kappa shape index (κ1) is 22.1. The molecule has 1 aliphatic carbocycles. The maximum atomic E-state index is 13.7. The molecule has 0 spiro atoms. The first-order valence-corrected chi connectivity index (χ1v) is 12.1. The summed E-state index contributed by atoms with van der Waals surface area (Å²) in [5, 5.41) is 0. The third kappa shape index (κ3) is 4.74. The Morgan fingerprint density at radius 3 is 2.29 bits per heavy atom. The van der Waals surface area contributed by atoms with Crippen LogP contribution in [0.2, 0.25) is 0 Å². The van der Waals surface area contributed by atoms with Gasteiger partial charge >= 0.3 is 0 Å². The van der Waals surface area contributed by atoms with Crippen molar-refractivity contribution in [2.24, 2.45) is 5.92 Å². The Labute approximate surface area is 186 Å². The van der Waals surface area contributed by atoms with E-state index in [9.17, 15) is 9.59 Å². The Bertz CT molecular complexity index is 769. The number of ether oxygens (including phenoxy) is 1. The van der Waals surface area contributed by atoms with Crippen LogP contribution in [-0.2, 0) is 4.79 Å². The highest BCUT2D eigenvalue weighted by Gasteiger charge is 2.40. The van der Waals surface area contributed by atoms with Crippen molar-refractivity contribution in [1.29, 1.82) is 0 Å². The van der Waals surface area contributed by atoms with Crippen LogP contribution in [0.25, 0.3) is 0 Å². The van der Waals surface area contributed by atoms with Crippen LogP contribution < -0.4 is 4.74 Å². The minimum Gasteiger partial charge on any atom is -0.496 e. The van der Waals surface area contributed by atoms with Crippen LogP contribution in [0.5, 0.6) is 5.75 Å². The lowest BCUT2D eigenvalue weighted by molar-refractivity contribution is -0.143. The largest absolute Gasteiger partial charge is 0.496 e. The number of carbonyl (C=O) groups excluding carboxylic acids is 2. The molecule has 1 aromatic carbocycles. The third-order valence-electron chi connectivity index (χ3n) is 7.52. The first-order valence-electron chi connectivity index (χ1n) is 12.1. The number of amides is 2. The third-order valence-corrected chi connectivity index (χ3v) is 7.52. The smallest absolute Gasteiger partial charge is 0.257 e. The summed E-state index contributed by atoms with van der Waals surface area (Å²) in [4.78, 5) is 33.2. The molecule has 2 aliphatic heterocycles. The number of methoxy groups -OCH3 is 1. The van der Waals surface area contributed by atoms with E-state index in [1.807, 2.05) is 29.2 Å². The highest BCUT2D eigenvalue weighted by Crippen LogP contribution is 2.33.